The molecule has 0 saturated carbocycles. The smallest absolute Gasteiger partial charge is 0.270 e. The first-order valence-electron chi connectivity index (χ1n) is 7.22. The van der Waals surface area contributed by atoms with Crippen molar-refractivity contribution >= 4 is 28.9 Å². The first-order chi connectivity index (χ1) is 11.3. The van der Waals surface area contributed by atoms with Gasteiger partial charge in [-0.3, -0.25) is 14.9 Å². The summed E-state index contributed by atoms with van der Waals surface area (Å²) >= 11 is 5.94. The minimum atomic E-state index is -0.461. The highest BCUT2D eigenvalue weighted by Crippen LogP contribution is 2.26. The molecule has 2 rings (SSSR count). The van der Waals surface area contributed by atoms with E-state index in [0.717, 1.165) is 5.56 Å². The lowest BCUT2D eigenvalue weighted by Crippen LogP contribution is -2.21. The summed E-state index contributed by atoms with van der Waals surface area (Å²) < 4.78 is 5.44. The quantitative estimate of drug-likeness (QED) is 0.648. The second kappa shape index (κ2) is 7.31. The van der Waals surface area contributed by atoms with Crippen LogP contribution >= 0.6 is 11.6 Å². The van der Waals surface area contributed by atoms with Crippen molar-refractivity contribution < 1.29 is 14.5 Å². The fourth-order valence-electron chi connectivity index (χ4n) is 2.27. The van der Waals surface area contributed by atoms with E-state index in [-0.39, 0.29) is 18.2 Å². The lowest BCUT2D eigenvalue weighted by molar-refractivity contribution is -0.384. The molecule has 2 aromatic carbocycles. The van der Waals surface area contributed by atoms with Gasteiger partial charge in [0.05, 0.1) is 4.92 Å². The highest BCUT2D eigenvalue weighted by Gasteiger charge is 2.14. The highest BCUT2D eigenvalue weighted by molar-refractivity contribution is 6.31. The summed E-state index contributed by atoms with van der Waals surface area (Å²) in [7, 11) is 0. The maximum absolute atomic E-state index is 12.1. The van der Waals surface area contributed by atoms with E-state index in [4.69, 9.17) is 16.3 Å². The second-order valence-electron chi connectivity index (χ2n) is 5.46. The summed E-state index contributed by atoms with van der Waals surface area (Å²) in [6, 6.07) is 7.98. The Kier molecular flexibility index (Phi) is 5.41. The number of benzene rings is 2. The average Bonchev–Trinajstić information content (AvgIpc) is 2.51. The van der Waals surface area contributed by atoms with Crippen LogP contribution in [0.3, 0.4) is 0 Å². The molecule has 6 nitrogen and oxygen atoms in total. The number of nitrogens with zero attached hydrogens (tertiary/aromatic N) is 1. The minimum Gasteiger partial charge on any atom is -0.484 e. The topological polar surface area (TPSA) is 81.5 Å². The molecule has 0 aliphatic heterocycles. The van der Waals surface area contributed by atoms with Gasteiger partial charge in [0.25, 0.3) is 11.6 Å². The van der Waals surface area contributed by atoms with Gasteiger partial charge in [-0.2, -0.15) is 0 Å². The summed E-state index contributed by atoms with van der Waals surface area (Å²) in [6.45, 7) is 5.09. The van der Waals surface area contributed by atoms with Gasteiger partial charge in [-0.15, -0.1) is 0 Å². The van der Waals surface area contributed by atoms with Gasteiger partial charge in [0.2, 0.25) is 0 Å². The van der Waals surface area contributed by atoms with Crippen LogP contribution in [0.4, 0.5) is 11.4 Å². The molecule has 0 fully saturated rings. The Morgan fingerprint density at radius 1 is 1.17 bits per heavy atom. The van der Waals surface area contributed by atoms with E-state index in [1.807, 2.05) is 6.92 Å². The third-order valence-electron chi connectivity index (χ3n) is 3.49. The fourth-order valence-corrected chi connectivity index (χ4v) is 2.39. The predicted octanol–water partition coefficient (Wildman–Crippen LogP) is 4.19. The Bertz CT molecular complexity index is 782. The Balaban J connectivity index is 2.04. The molecule has 0 bridgehead atoms. The number of aryl methyl sites for hydroxylation is 3. The van der Waals surface area contributed by atoms with Gasteiger partial charge >= 0.3 is 0 Å². The summed E-state index contributed by atoms with van der Waals surface area (Å²) in [6.07, 6.45) is 0. The molecule has 2 aromatic rings. The standard InChI is InChI=1S/C17H17ClN2O4/c1-10-8-14(4-5-15(10)18)24-9-16(21)19-17-11(2)6-13(20(22)23)7-12(17)3/h4-8H,9H2,1-3H3,(H,19,21). The van der Waals surface area contributed by atoms with E-state index < -0.39 is 4.92 Å². The molecule has 0 aliphatic carbocycles. The number of anilines is 1. The third kappa shape index (κ3) is 4.23. The zero-order valence-corrected chi connectivity index (χ0v) is 14.3. The van der Waals surface area contributed by atoms with Gasteiger partial charge in [-0.05, 0) is 55.7 Å². The van der Waals surface area contributed by atoms with Crippen LogP contribution < -0.4 is 10.1 Å². The van der Waals surface area contributed by atoms with Crippen molar-refractivity contribution in [1.82, 2.24) is 0 Å². The molecular formula is C17H17ClN2O4. The van der Waals surface area contributed by atoms with E-state index in [0.29, 0.717) is 27.6 Å². The number of hydrogen-bond acceptors (Lipinski definition) is 4. The van der Waals surface area contributed by atoms with Crippen LogP contribution in [0, 0.1) is 30.9 Å². The highest BCUT2D eigenvalue weighted by atomic mass is 35.5. The summed E-state index contributed by atoms with van der Waals surface area (Å²) in [5, 5.41) is 14.2. The third-order valence-corrected chi connectivity index (χ3v) is 3.92. The molecule has 1 N–H and O–H groups in total. The first-order valence-corrected chi connectivity index (χ1v) is 7.60. The molecular weight excluding hydrogens is 332 g/mol. The molecule has 0 atom stereocenters. The molecule has 0 saturated heterocycles. The number of hydrogen-bond donors (Lipinski definition) is 1. The van der Waals surface area contributed by atoms with Crippen molar-refractivity contribution in [2.45, 2.75) is 20.8 Å². The molecule has 0 aromatic heterocycles. The maximum Gasteiger partial charge on any atom is 0.270 e. The van der Waals surface area contributed by atoms with Gasteiger partial charge in [-0.1, -0.05) is 11.6 Å². The number of nitrogens with one attached hydrogen (secondary N) is 1. The number of nitro benzene ring substituents is 1. The Labute approximate surface area is 144 Å². The van der Waals surface area contributed by atoms with Crippen molar-refractivity contribution in [3.63, 3.8) is 0 Å². The van der Waals surface area contributed by atoms with Gasteiger partial charge in [0, 0.05) is 22.8 Å². The lowest BCUT2D eigenvalue weighted by atomic mass is 10.1. The average molecular weight is 349 g/mol. The van der Waals surface area contributed by atoms with Crippen molar-refractivity contribution in [3.05, 3.63) is 62.2 Å². The largest absolute Gasteiger partial charge is 0.484 e. The van der Waals surface area contributed by atoms with E-state index in [1.165, 1.54) is 12.1 Å². The first kappa shape index (κ1) is 17.7. The predicted molar refractivity (Wildman–Crippen MR) is 92.9 cm³/mol. The van der Waals surface area contributed by atoms with Crippen LogP contribution in [0.5, 0.6) is 5.75 Å². The SMILES string of the molecule is Cc1cc(OCC(=O)Nc2c(C)cc([N+](=O)[O-])cc2C)ccc1Cl. The van der Waals surface area contributed by atoms with E-state index in [9.17, 15) is 14.9 Å². The molecule has 7 heteroatoms. The van der Waals surface area contributed by atoms with Crippen LogP contribution in [0.15, 0.2) is 30.3 Å². The van der Waals surface area contributed by atoms with Gasteiger partial charge < -0.3 is 10.1 Å². The monoisotopic (exact) mass is 348 g/mol. The Morgan fingerprint density at radius 2 is 1.79 bits per heavy atom. The maximum atomic E-state index is 12.1. The number of non-ortho nitro benzene ring substituents is 1. The number of rotatable bonds is 5. The number of halogens is 1. The number of nitro groups is 1. The molecule has 0 spiro atoms. The minimum absolute atomic E-state index is 0.00381. The molecule has 126 valence electrons. The van der Waals surface area contributed by atoms with Crippen LogP contribution in [-0.4, -0.2) is 17.4 Å². The Morgan fingerprint density at radius 3 is 2.33 bits per heavy atom. The van der Waals surface area contributed by atoms with E-state index in [2.05, 4.69) is 5.32 Å². The van der Waals surface area contributed by atoms with Crippen LogP contribution in [0.2, 0.25) is 5.02 Å². The summed E-state index contributed by atoms with van der Waals surface area (Å²) in [5.41, 5.74) is 2.66. The zero-order chi connectivity index (χ0) is 17.9. The number of ether oxygens (including phenoxy) is 1. The van der Waals surface area contributed by atoms with Crippen molar-refractivity contribution in [2.24, 2.45) is 0 Å². The van der Waals surface area contributed by atoms with Gasteiger partial charge in [-0.25, -0.2) is 0 Å². The number of amides is 1. The molecule has 24 heavy (non-hydrogen) atoms. The number of carbonyl (C=O) groups is 1. The van der Waals surface area contributed by atoms with Crippen LogP contribution in [0.1, 0.15) is 16.7 Å². The van der Waals surface area contributed by atoms with Crippen LogP contribution in [0.25, 0.3) is 0 Å². The van der Waals surface area contributed by atoms with Crippen molar-refractivity contribution in [3.8, 4) is 5.75 Å². The fraction of sp³-hybridized carbons (Fsp3) is 0.235. The summed E-state index contributed by atoms with van der Waals surface area (Å²) in [5.74, 6) is 0.201. The molecule has 0 aliphatic rings. The molecule has 0 unspecified atom stereocenters. The normalized spacial score (nSPS) is 10.3. The number of carbonyl (C=O) groups excluding carboxylic acids is 1. The molecule has 0 radical (unpaired) electrons. The van der Waals surface area contributed by atoms with Crippen LogP contribution in [-0.2, 0) is 4.79 Å². The van der Waals surface area contributed by atoms with E-state index in [1.54, 1.807) is 32.0 Å². The lowest BCUT2D eigenvalue weighted by Gasteiger charge is -2.12. The zero-order valence-electron chi connectivity index (χ0n) is 13.6. The van der Waals surface area contributed by atoms with Crippen molar-refractivity contribution in [1.29, 1.82) is 0 Å². The van der Waals surface area contributed by atoms with Crippen molar-refractivity contribution in [2.75, 3.05) is 11.9 Å². The second-order valence-corrected chi connectivity index (χ2v) is 5.87. The van der Waals surface area contributed by atoms with Gasteiger partial charge in [0.1, 0.15) is 5.75 Å². The Hall–Kier alpha value is -2.60. The molecule has 0 heterocycles. The van der Waals surface area contributed by atoms with E-state index >= 15 is 0 Å². The van der Waals surface area contributed by atoms with Gasteiger partial charge in [0.15, 0.2) is 6.61 Å². The molecule has 1 amide bonds. The summed E-state index contributed by atoms with van der Waals surface area (Å²) in [4.78, 5) is 22.4.